The lowest BCUT2D eigenvalue weighted by molar-refractivity contribution is -0.118. The van der Waals surface area contributed by atoms with Gasteiger partial charge in [-0.1, -0.05) is 23.7 Å². The van der Waals surface area contributed by atoms with Crippen molar-refractivity contribution in [1.82, 2.24) is 5.32 Å². The van der Waals surface area contributed by atoms with E-state index in [1.807, 2.05) is 13.2 Å². The molecule has 0 heterocycles. The van der Waals surface area contributed by atoms with Crippen LogP contribution in [-0.4, -0.2) is 36.5 Å². The zero-order chi connectivity index (χ0) is 19.6. The van der Waals surface area contributed by atoms with E-state index in [4.69, 9.17) is 16.3 Å². The molecule has 144 valence electrons. The summed E-state index contributed by atoms with van der Waals surface area (Å²) >= 11 is 7.69. The van der Waals surface area contributed by atoms with Gasteiger partial charge in [-0.3, -0.25) is 9.59 Å². The van der Waals surface area contributed by atoms with Gasteiger partial charge in [0.05, 0.1) is 17.2 Å². The molecule has 5 nitrogen and oxygen atoms in total. The SMILES string of the molecule is CCOc1ccc(NC(=O)C(CCSC)NC(=O)c2ccccc2Cl)cc1. The number of ether oxygens (including phenoxy) is 1. The lowest BCUT2D eigenvalue weighted by atomic mass is 10.1. The molecule has 0 aromatic heterocycles. The molecule has 2 N–H and O–H groups in total. The molecule has 0 aliphatic heterocycles. The second kappa shape index (κ2) is 10.8. The average molecular weight is 407 g/mol. The standard InChI is InChI=1S/C20H23ClN2O3S/c1-3-26-15-10-8-14(9-11-15)22-20(25)18(12-13-27-2)23-19(24)16-6-4-5-7-17(16)21/h4-11,18H,3,12-13H2,1-2H3,(H,22,25)(H,23,24). The molecular formula is C20H23ClN2O3S. The fourth-order valence-electron chi connectivity index (χ4n) is 2.42. The lowest BCUT2D eigenvalue weighted by Gasteiger charge is -2.19. The predicted octanol–water partition coefficient (Wildman–Crippen LogP) is 4.23. The van der Waals surface area contributed by atoms with Crippen molar-refractivity contribution in [2.75, 3.05) is 23.9 Å². The Balaban J connectivity index is 2.06. The van der Waals surface area contributed by atoms with E-state index < -0.39 is 6.04 Å². The molecular weight excluding hydrogens is 384 g/mol. The Bertz CT molecular complexity index is 768. The van der Waals surface area contributed by atoms with E-state index in [0.717, 1.165) is 11.5 Å². The smallest absolute Gasteiger partial charge is 0.253 e. The molecule has 0 aliphatic carbocycles. The van der Waals surface area contributed by atoms with Gasteiger partial charge in [0.1, 0.15) is 11.8 Å². The maximum Gasteiger partial charge on any atom is 0.253 e. The highest BCUT2D eigenvalue weighted by atomic mass is 35.5. The second-order valence-corrected chi connectivity index (χ2v) is 7.13. The molecule has 0 spiro atoms. The Kier molecular flexibility index (Phi) is 8.48. The molecule has 2 aromatic carbocycles. The van der Waals surface area contributed by atoms with Crippen LogP contribution in [0.4, 0.5) is 5.69 Å². The summed E-state index contributed by atoms with van der Waals surface area (Å²) in [6.45, 7) is 2.49. The highest BCUT2D eigenvalue weighted by Gasteiger charge is 2.22. The van der Waals surface area contributed by atoms with Crippen molar-refractivity contribution in [3.05, 3.63) is 59.1 Å². The number of thioether (sulfide) groups is 1. The number of amides is 2. The highest BCUT2D eigenvalue weighted by molar-refractivity contribution is 7.98. The van der Waals surface area contributed by atoms with Gasteiger partial charge in [0, 0.05) is 5.69 Å². The van der Waals surface area contributed by atoms with Crippen molar-refractivity contribution in [2.24, 2.45) is 0 Å². The normalized spacial score (nSPS) is 11.5. The summed E-state index contributed by atoms with van der Waals surface area (Å²) in [6, 6.07) is 13.2. The summed E-state index contributed by atoms with van der Waals surface area (Å²) in [5.41, 5.74) is 0.992. The zero-order valence-corrected chi connectivity index (χ0v) is 16.9. The third kappa shape index (κ3) is 6.48. The maximum absolute atomic E-state index is 12.7. The minimum atomic E-state index is -0.659. The van der Waals surface area contributed by atoms with Crippen LogP contribution in [0.25, 0.3) is 0 Å². The number of rotatable bonds is 9. The Morgan fingerprint density at radius 2 is 1.85 bits per heavy atom. The number of halogens is 1. The number of nitrogens with one attached hydrogen (secondary N) is 2. The van der Waals surface area contributed by atoms with Crippen LogP contribution < -0.4 is 15.4 Å². The van der Waals surface area contributed by atoms with Gasteiger partial charge >= 0.3 is 0 Å². The molecule has 7 heteroatoms. The van der Waals surface area contributed by atoms with Crippen LogP contribution in [0.1, 0.15) is 23.7 Å². The molecule has 0 aliphatic rings. The number of carbonyl (C=O) groups excluding carboxylic acids is 2. The molecule has 2 rings (SSSR count). The van der Waals surface area contributed by atoms with Gasteiger partial charge in [-0.2, -0.15) is 11.8 Å². The molecule has 0 fully saturated rings. The van der Waals surface area contributed by atoms with Crippen molar-refractivity contribution in [3.8, 4) is 5.75 Å². The molecule has 0 radical (unpaired) electrons. The summed E-state index contributed by atoms with van der Waals surface area (Å²) in [7, 11) is 0. The Labute approximate surface area is 168 Å². The first-order valence-corrected chi connectivity index (χ1v) is 10.4. The number of benzene rings is 2. The molecule has 1 unspecified atom stereocenters. The van der Waals surface area contributed by atoms with Crippen molar-refractivity contribution in [2.45, 2.75) is 19.4 Å². The van der Waals surface area contributed by atoms with Crippen molar-refractivity contribution in [3.63, 3.8) is 0 Å². The van der Waals surface area contributed by atoms with Crippen molar-refractivity contribution >= 4 is 40.9 Å². The van der Waals surface area contributed by atoms with E-state index in [-0.39, 0.29) is 11.8 Å². The van der Waals surface area contributed by atoms with Crippen LogP contribution in [-0.2, 0) is 4.79 Å². The topological polar surface area (TPSA) is 67.4 Å². The highest BCUT2D eigenvalue weighted by Crippen LogP contribution is 2.17. The third-order valence-electron chi connectivity index (χ3n) is 3.78. The van der Waals surface area contributed by atoms with Crippen LogP contribution in [0.3, 0.4) is 0 Å². The Hall–Kier alpha value is -2.18. The Morgan fingerprint density at radius 3 is 2.48 bits per heavy atom. The molecule has 0 saturated carbocycles. The van der Waals surface area contributed by atoms with E-state index in [0.29, 0.717) is 29.3 Å². The van der Waals surface area contributed by atoms with E-state index in [2.05, 4.69) is 10.6 Å². The van der Waals surface area contributed by atoms with Gasteiger partial charge in [-0.05, 0) is 61.8 Å². The van der Waals surface area contributed by atoms with E-state index >= 15 is 0 Å². The average Bonchev–Trinajstić information content (AvgIpc) is 2.67. The summed E-state index contributed by atoms with van der Waals surface area (Å²) in [5.74, 6) is 0.841. The first kappa shape index (κ1) is 21.1. The van der Waals surface area contributed by atoms with Gasteiger partial charge < -0.3 is 15.4 Å². The fraction of sp³-hybridized carbons (Fsp3) is 0.300. The number of hydrogen-bond acceptors (Lipinski definition) is 4. The van der Waals surface area contributed by atoms with E-state index in [9.17, 15) is 9.59 Å². The minimum Gasteiger partial charge on any atom is -0.494 e. The predicted molar refractivity (Wildman–Crippen MR) is 112 cm³/mol. The van der Waals surface area contributed by atoms with Gasteiger partial charge in [-0.15, -0.1) is 0 Å². The molecule has 2 aromatic rings. The third-order valence-corrected chi connectivity index (χ3v) is 4.76. The first-order chi connectivity index (χ1) is 13.0. The van der Waals surface area contributed by atoms with Crippen LogP contribution in [0.15, 0.2) is 48.5 Å². The van der Waals surface area contributed by atoms with Crippen LogP contribution in [0, 0.1) is 0 Å². The van der Waals surface area contributed by atoms with Crippen molar-refractivity contribution in [1.29, 1.82) is 0 Å². The summed E-state index contributed by atoms with van der Waals surface area (Å²) < 4.78 is 5.39. The van der Waals surface area contributed by atoms with Crippen LogP contribution in [0.2, 0.25) is 5.02 Å². The summed E-state index contributed by atoms with van der Waals surface area (Å²) in [5, 5.41) is 5.98. The zero-order valence-electron chi connectivity index (χ0n) is 15.3. The largest absolute Gasteiger partial charge is 0.494 e. The molecule has 0 saturated heterocycles. The van der Waals surface area contributed by atoms with Crippen molar-refractivity contribution < 1.29 is 14.3 Å². The Morgan fingerprint density at radius 1 is 1.15 bits per heavy atom. The maximum atomic E-state index is 12.7. The second-order valence-electron chi connectivity index (χ2n) is 5.73. The van der Waals surface area contributed by atoms with Crippen LogP contribution >= 0.6 is 23.4 Å². The molecule has 0 bridgehead atoms. The summed E-state index contributed by atoms with van der Waals surface area (Å²) in [4.78, 5) is 25.2. The number of hydrogen-bond donors (Lipinski definition) is 2. The molecule has 1 atom stereocenters. The molecule has 27 heavy (non-hydrogen) atoms. The molecule has 2 amide bonds. The number of carbonyl (C=O) groups is 2. The van der Waals surface area contributed by atoms with Crippen LogP contribution in [0.5, 0.6) is 5.75 Å². The van der Waals surface area contributed by atoms with E-state index in [1.54, 1.807) is 60.3 Å². The summed E-state index contributed by atoms with van der Waals surface area (Å²) in [6.07, 6.45) is 2.47. The lowest BCUT2D eigenvalue weighted by Crippen LogP contribution is -2.44. The quantitative estimate of drug-likeness (QED) is 0.654. The minimum absolute atomic E-state index is 0.270. The fourth-order valence-corrected chi connectivity index (χ4v) is 3.11. The van der Waals surface area contributed by atoms with Gasteiger partial charge in [0.2, 0.25) is 5.91 Å². The monoisotopic (exact) mass is 406 g/mol. The van der Waals surface area contributed by atoms with Gasteiger partial charge in [-0.25, -0.2) is 0 Å². The van der Waals surface area contributed by atoms with Gasteiger partial charge in [0.25, 0.3) is 5.91 Å². The van der Waals surface area contributed by atoms with E-state index in [1.165, 1.54) is 0 Å². The number of anilines is 1. The van der Waals surface area contributed by atoms with Gasteiger partial charge in [0.15, 0.2) is 0 Å². The first-order valence-electron chi connectivity index (χ1n) is 8.63.